The van der Waals surface area contributed by atoms with Crippen LogP contribution in [0.4, 0.5) is 0 Å². The summed E-state index contributed by atoms with van der Waals surface area (Å²) >= 11 is 6.08. The van der Waals surface area contributed by atoms with E-state index in [9.17, 15) is 4.79 Å². The molecule has 1 amide bonds. The fraction of sp³-hybridized carbons (Fsp3) is 0.500. The second-order valence-electron chi connectivity index (χ2n) is 5.81. The first-order chi connectivity index (χ1) is 10.1. The number of rotatable bonds is 2. The van der Waals surface area contributed by atoms with Gasteiger partial charge in [-0.05, 0) is 37.3 Å². The Morgan fingerprint density at radius 2 is 2.10 bits per heavy atom. The van der Waals surface area contributed by atoms with Crippen LogP contribution in [0.1, 0.15) is 42.9 Å². The van der Waals surface area contributed by atoms with Gasteiger partial charge in [0.05, 0.1) is 10.7 Å². The first kappa shape index (κ1) is 14.4. The van der Waals surface area contributed by atoms with Gasteiger partial charge in [0.2, 0.25) is 0 Å². The summed E-state index contributed by atoms with van der Waals surface area (Å²) in [5, 5.41) is 0.615. The van der Waals surface area contributed by atoms with Crippen molar-refractivity contribution in [3.05, 3.63) is 34.7 Å². The highest BCUT2D eigenvalue weighted by Crippen LogP contribution is 2.22. The average molecular weight is 306 g/mol. The number of nitrogens with zero attached hydrogens (tertiary/aromatic N) is 3. The zero-order valence-electron chi connectivity index (χ0n) is 12.5. The Bertz CT molecular complexity index is 671. The maximum absolute atomic E-state index is 12.9. The minimum absolute atomic E-state index is 0.0773. The highest BCUT2D eigenvalue weighted by molar-refractivity contribution is 6.30. The van der Waals surface area contributed by atoms with Gasteiger partial charge in [0.25, 0.3) is 5.91 Å². The zero-order chi connectivity index (χ0) is 15.0. The number of amides is 1. The van der Waals surface area contributed by atoms with Crippen LogP contribution in [0.3, 0.4) is 0 Å². The van der Waals surface area contributed by atoms with Gasteiger partial charge in [-0.3, -0.25) is 9.20 Å². The van der Waals surface area contributed by atoms with Crippen molar-refractivity contribution in [1.82, 2.24) is 14.3 Å². The van der Waals surface area contributed by atoms with Crippen molar-refractivity contribution in [2.45, 2.75) is 33.1 Å². The number of carbonyl (C=O) groups excluding carboxylic acids is 1. The van der Waals surface area contributed by atoms with Crippen molar-refractivity contribution >= 4 is 23.2 Å². The Hall–Kier alpha value is -1.55. The summed E-state index contributed by atoms with van der Waals surface area (Å²) in [6.45, 7) is 5.93. The van der Waals surface area contributed by atoms with E-state index in [2.05, 4.69) is 11.9 Å². The molecular formula is C16H20ClN3O. The number of carbonyl (C=O) groups is 1. The van der Waals surface area contributed by atoms with Crippen LogP contribution in [0.2, 0.25) is 5.02 Å². The first-order valence-corrected chi connectivity index (χ1v) is 7.93. The van der Waals surface area contributed by atoms with Crippen LogP contribution in [0.5, 0.6) is 0 Å². The van der Waals surface area contributed by atoms with Gasteiger partial charge in [0.1, 0.15) is 11.3 Å². The van der Waals surface area contributed by atoms with Gasteiger partial charge < -0.3 is 4.90 Å². The van der Waals surface area contributed by atoms with Crippen molar-refractivity contribution < 1.29 is 4.79 Å². The van der Waals surface area contributed by atoms with E-state index in [-0.39, 0.29) is 5.91 Å². The van der Waals surface area contributed by atoms with Gasteiger partial charge in [-0.15, -0.1) is 0 Å². The van der Waals surface area contributed by atoms with Gasteiger partial charge >= 0.3 is 0 Å². The lowest BCUT2D eigenvalue weighted by Gasteiger charge is -2.30. The molecule has 112 valence electrons. The molecule has 21 heavy (non-hydrogen) atoms. The lowest BCUT2D eigenvalue weighted by atomic mass is 9.99. The molecular weight excluding hydrogens is 286 g/mol. The molecule has 4 nitrogen and oxygen atoms in total. The fourth-order valence-electron chi connectivity index (χ4n) is 2.90. The zero-order valence-corrected chi connectivity index (χ0v) is 13.2. The van der Waals surface area contributed by atoms with E-state index in [1.54, 1.807) is 12.3 Å². The lowest BCUT2D eigenvalue weighted by Crippen LogP contribution is -2.38. The third-order valence-electron chi connectivity index (χ3n) is 4.26. The van der Waals surface area contributed by atoms with E-state index in [0.29, 0.717) is 16.6 Å². The summed E-state index contributed by atoms with van der Waals surface area (Å²) in [7, 11) is 0. The predicted molar refractivity (Wildman–Crippen MR) is 83.9 cm³/mol. The lowest BCUT2D eigenvalue weighted by molar-refractivity contribution is 0.0689. The van der Waals surface area contributed by atoms with Crippen LogP contribution in [0, 0.1) is 5.92 Å². The summed E-state index contributed by atoms with van der Waals surface area (Å²) in [5.74, 6) is 0.782. The van der Waals surface area contributed by atoms with Gasteiger partial charge in [-0.25, -0.2) is 4.98 Å². The molecule has 1 aliphatic heterocycles. The highest BCUT2D eigenvalue weighted by atomic mass is 35.5. The average Bonchev–Trinajstić information content (AvgIpc) is 2.85. The summed E-state index contributed by atoms with van der Waals surface area (Å²) in [6.07, 6.45) is 4.67. The Balaban J connectivity index is 2.01. The van der Waals surface area contributed by atoms with E-state index in [4.69, 9.17) is 11.6 Å². The van der Waals surface area contributed by atoms with Gasteiger partial charge in [-0.2, -0.15) is 0 Å². The molecule has 2 aromatic rings. The molecule has 0 N–H and O–H groups in total. The second-order valence-corrected chi connectivity index (χ2v) is 6.25. The van der Waals surface area contributed by atoms with Gasteiger partial charge in [0.15, 0.2) is 0 Å². The molecule has 1 saturated heterocycles. The van der Waals surface area contributed by atoms with E-state index >= 15 is 0 Å². The summed E-state index contributed by atoms with van der Waals surface area (Å²) in [4.78, 5) is 19.4. The largest absolute Gasteiger partial charge is 0.337 e. The molecule has 1 aliphatic rings. The Morgan fingerprint density at radius 1 is 1.38 bits per heavy atom. The molecule has 3 heterocycles. The van der Waals surface area contributed by atoms with Crippen LogP contribution in [-0.2, 0) is 6.42 Å². The van der Waals surface area contributed by atoms with Crippen molar-refractivity contribution in [2.75, 3.05) is 13.1 Å². The Kier molecular flexibility index (Phi) is 3.89. The molecule has 0 spiro atoms. The van der Waals surface area contributed by atoms with Crippen molar-refractivity contribution in [3.63, 3.8) is 0 Å². The van der Waals surface area contributed by atoms with E-state index in [0.717, 1.165) is 43.7 Å². The standard InChI is InChI=1S/C16H20ClN3O/c1-3-13-15(16(21)19-8-6-11(2)7-9-19)20-10-12(17)4-5-14(20)18-13/h4-5,10-11H,3,6-9H2,1-2H3. The monoisotopic (exact) mass is 305 g/mol. The quantitative estimate of drug-likeness (QED) is 0.852. The highest BCUT2D eigenvalue weighted by Gasteiger charge is 2.26. The Morgan fingerprint density at radius 3 is 2.76 bits per heavy atom. The number of aromatic nitrogens is 2. The number of imidazole rings is 1. The third kappa shape index (κ3) is 2.64. The predicted octanol–water partition coefficient (Wildman–Crippen LogP) is 3.42. The normalized spacial score (nSPS) is 16.6. The topological polar surface area (TPSA) is 37.6 Å². The first-order valence-electron chi connectivity index (χ1n) is 7.56. The van der Waals surface area contributed by atoms with Crippen LogP contribution in [-0.4, -0.2) is 33.3 Å². The number of piperidine rings is 1. The summed E-state index contributed by atoms with van der Waals surface area (Å²) in [6, 6.07) is 3.66. The minimum atomic E-state index is 0.0773. The SMILES string of the molecule is CCc1nc2ccc(Cl)cn2c1C(=O)N1CCC(C)CC1. The maximum atomic E-state index is 12.9. The van der Waals surface area contributed by atoms with Crippen molar-refractivity contribution in [1.29, 1.82) is 0 Å². The molecule has 0 radical (unpaired) electrons. The number of likely N-dealkylation sites (tertiary alicyclic amines) is 1. The molecule has 0 aromatic carbocycles. The molecule has 0 aliphatic carbocycles. The molecule has 0 bridgehead atoms. The van der Waals surface area contributed by atoms with Crippen molar-refractivity contribution in [3.8, 4) is 0 Å². The summed E-state index contributed by atoms with van der Waals surface area (Å²) < 4.78 is 1.83. The van der Waals surface area contributed by atoms with E-state index in [1.165, 1.54) is 0 Å². The number of aryl methyl sites for hydroxylation is 1. The smallest absolute Gasteiger partial charge is 0.272 e. The molecule has 0 atom stereocenters. The molecule has 1 fully saturated rings. The number of halogens is 1. The number of pyridine rings is 1. The fourth-order valence-corrected chi connectivity index (χ4v) is 3.06. The van der Waals surface area contributed by atoms with Crippen LogP contribution >= 0.6 is 11.6 Å². The number of hydrogen-bond donors (Lipinski definition) is 0. The van der Waals surface area contributed by atoms with Gasteiger partial charge in [-0.1, -0.05) is 25.4 Å². The van der Waals surface area contributed by atoms with Crippen molar-refractivity contribution in [2.24, 2.45) is 5.92 Å². The van der Waals surface area contributed by atoms with Crippen LogP contribution in [0.15, 0.2) is 18.3 Å². The molecule has 0 saturated carbocycles. The molecule has 5 heteroatoms. The maximum Gasteiger partial charge on any atom is 0.272 e. The van der Waals surface area contributed by atoms with E-state index in [1.807, 2.05) is 22.3 Å². The molecule has 0 unspecified atom stereocenters. The molecule has 2 aromatic heterocycles. The van der Waals surface area contributed by atoms with Crippen LogP contribution < -0.4 is 0 Å². The third-order valence-corrected chi connectivity index (χ3v) is 4.49. The molecule has 3 rings (SSSR count). The van der Waals surface area contributed by atoms with Gasteiger partial charge in [0, 0.05) is 19.3 Å². The number of fused-ring (bicyclic) bond motifs is 1. The number of hydrogen-bond acceptors (Lipinski definition) is 2. The van der Waals surface area contributed by atoms with E-state index < -0.39 is 0 Å². The summed E-state index contributed by atoms with van der Waals surface area (Å²) in [5.41, 5.74) is 2.30. The second kappa shape index (κ2) is 5.68. The van der Waals surface area contributed by atoms with Crippen LogP contribution in [0.25, 0.3) is 5.65 Å². The minimum Gasteiger partial charge on any atom is -0.337 e. The Labute approximate surface area is 129 Å².